The molecule has 0 amide bonds. The van der Waals surface area contributed by atoms with Crippen LogP contribution in [0.5, 0.6) is 5.75 Å². The van der Waals surface area contributed by atoms with Crippen molar-refractivity contribution in [3.63, 3.8) is 0 Å². The fraction of sp³-hybridized carbons (Fsp3) is 0.261. The molecule has 0 spiro atoms. The van der Waals surface area contributed by atoms with E-state index in [1.54, 1.807) is 13.3 Å². The minimum atomic E-state index is -0.193. The lowest BCUT2D eigenvalue weighted by atomic mass is 9.77. The highest BCUT2D eigenvalue weighted by atomic mass is 16.5. The average Bonchev–Trinajstić information content (AvgIpc) is 3.31. The normalized spacial score (nSPS) is 14.3. The second-order valence-corrected chi connectivity index (χ2v) is 8.00. The molecular weight excluding hydrogens is 364 g/mol. The van der Waals surface area contributed by atoms with Crippen molar-refractivity contribution in [1.29, 1.82) is 0 Å². The van der Waals surface area contributed by atoms with Gasteiger partial charge in [0.25, 0.3) is 0 Å². The average molecular weight is 386 g/mol. The topological polar surface area (TPSA) is 66.0 Å². The summed E-state index contributed by atoms with van der Waals surface area (Å²) in [4.78, 5) is 9.38. The molecule has 0 bridgehead atoms. The summed E-state index contributed by atoms with van der Waals surface area (Å²) in [5.41, 5.74) is 4.70. The van der Waals surface area contributed by atoms with E-state index in [9.17, 15) is 0 Å². The molecule has 0 radical (unpaired) electrons. The lowest BCUT2D eigenvalue weighted by molar-refractivity contribution is 0.415. The summed E-state index contributed by atoms with van der Waals surface area (Å²) in [7, 11) is 1.66. The number of methoxy groups -OCH3 is 1. The van der Waals surface area contributed by atoms with E-state index in [0.717, 1.165) is 52.0 Å². The SMILES string of the molecule is COc1cccc(-c2nc3c(o2)-c2c(C)nn(-c4ccccn4)c2CC3(C)C)c1. The molecule has 6 nitrogen and oxygen atoms in total. The van der Waals surface area contributed by atoms with Crippen molar-refractivity contribution in [3.05, 3.63) is 65.7 Å². The predicted molar refractivity (Wildman–Crippen MR) is 110 cm³/mol. The molecule has 0 atom stereocenters. The lowest BCUT2D eigenvalue weighted by Gasteiger charge is -2.28. The number of fused-ring (bicyclic) bond motifs is 3. The van der Waals surface area contributed by atoms with Gasteiger partial charge in [0.1, 0.15) is 5.75 Å². The van der Waals surface area contributed by atoms with Gasteiger partial charge >= 0.3 is 0 Å². The molecule has 0 saturated carbocycles. The van der Waals surface area contributed by atoms with Gasteiger partial charge in [0.05, 0.1) is 29.8 Å². The molecular formula is C23H22N4O2. The number of aromatic nitrogens is 4. The summed E-state index contributed by atoms with van der Waals surface area (Å²) >= 11 is 0. The van der Waals surface area contributed by atoms with Gasteiger partial charge in [-0.2, -0.15) is 5.10 Å². The first-order chi connectivity index (χ1) is 14.0. The van der Waals surface area contributed by atoms with Crippen LogP contribution in [0.2, 0.25) is 0 Å². The Labute approximate surface area is 169 Å². The van der Waals surface area contributed by atoms with Crippen LogP contribution in [-0.4, -0.2) is 26.9 Å². The predicted octanol–water partition coefficient (Wildman–Crippen LogP) is 4.74. The van der Waals surface area contributed by atoms with E-state index < -0.39 is 0 Å². The fourth-order valence-corrected chi connectivity index (χ4v) is 4.03. The Morgan fingerprint density at radius 1 is 1.14 bits per heavy atom. The molecule has 4 aromatic rings. The highest BCUT2D eigenvalue weighted by molar-refractivity contribution is 5.73. The summed E-state index contributed by atoms with van der Waals surface area (Å²) in [6.07, 6.45) is 2.59. The molecule has 6 heteroatoms. The Morgan fingerprint density at radius 2 is 2.00 bits per heavy atom. The summed E-state index contributed by atoms with van der Waals surface area (Å²) in [6.45, 7) is 6.39. The van der Waals surface area contributed by atoms with Gasteiger partial charge in [-0.3, -0.25) is 0 Å². The molecule has 0 N–H and O–H groups in total. The van der Waals surface area contributed by atoms with Crippen LogP contribution in [0, 0.1) is 6.92 Å². The molecule has 146 valence electrons. The van der Waals surface area contributed by atoms with Crippen molar-refractivity contribution in [3.8, 4) is 34.3 Å². The third-order valence-electron chi connectivity index (χ3n) is 5.44. The van der Waals surface area contributed by atoms with Crippen LogP contribution in [-0.2, 0) is 11.8 Å². The van der Waals surface area contributed by atoms with Crippen LogP contribution in [0.15, 0.2) is 53.1 Å². The van der Waals surface area contributed by atoms with Crippen molar-refractivity contribution >= 4 is 0 Å². The number of rotatable bonds is 3. The zero-order valence-corrected chi connectivity index (χ0v) is 16.9. The maximum atomic E-state index is 6.34. The Bertz CT molecular complexity index is 1210. The van der Waals surface area contributed by atoms with Crippen molar-refractivity contribution in [1.82, 2.24) is 19.7 Å². The third kappa shape index (κ3) is 2.75. The zero-order valence-electron chi connectivity index (χ0n) is 16.9. The van der Waals surface area contributed by atoms with E-state index in [1.165, 1.54) is 0 Å². The van der Waals surface area contributed by atoms with Gasteiger partial charge in [0, 0.05) is 23.6 Å². The number of hydrogen-bond donors (Lipinski definition) is 0. The van der Waals surface area contributed by atoms with Gasteiger partial charge in [-0.05, 0) is 37.3 Å². The summed E-state index contributed by atoms with van der Waals surface area (Å²) in [6, 6.07) is 13.6. The van der Waals surface area contributed by atoms with E-state index in [2.05, 4.69) is 18.8 Å². The van der Waals surface area contributed by atoms with E-state index in [4.69, 9.17) is 19.2 Å². The van der Waals surface area contributed by atoms with Crippen molar-refractivity contribution < 1.29 is 9.15 Å². The van der Waals surface area contributed by atoms with Gasteiger partial charge in [-0.15, -0.1) is 0 Å². The highest BCUT2D eigenvalue weighted by Gasteiger charge is 2.40. The fourth-order valence-electron chi connectivity index (χ4n) is 4.03. The molecule has 5 rings (SSSR count). The van der Waals surface area contributed by atoms with E-state index in [0.29, 0.717) is 5.89 Å². The Morgan fingerprint density at radius 3 is 2.76 bits per heavy atom. The first-order valence-corrected chi connectivity index (χ1v) is 9.64. The molecule has 29 heavy (non-hydrogen) atoms. The van der Waals surface area contributed by atoms with Gasteiger partial charge < -0.3 is 9.15 Å². The number of aryl methyl sites for hydroxylation is 1. The quantitative estimate of drug-likeness (QED) is 0.509. The van der Waals surface area contributed by atoms with Crippen LogP contribution in [0.3, 0.4) is 0 Å². The highest BCUT2D eigenvalue weighted by Crippen LogP contribution is 2.46. The molecule has 3 aromatic heterocycles. The number of pyridine rings is 1. The monoisotopic (exact) mass is 386 g/mol. The van der Waals surface area contributed by atoms with Gasteiger partial charge in [-0.25, -0.2) is 14.6 Å². The van der Waals surface area contributed by atoms with Crippen molar-refractivity contribution in [2.75, 3.05) is 7.11 Å². The van der Waals surface area contributed by atoms with Crippen molar-refractivity contribution in [2.45, 2.75) is 32.6 Å². The van der Waals surface area contributed by atoms with Crippen LogP contribution < -0.4 is 4.74 Å². The molecule has 1 aromatic carbocycles. The largest absolute Gasteiger partial charge is 0.497 e. The molecule has 0 fully saturated rings. The Hall–Kier alpha value is -3.41. The first kappa shape index (κ1) is 17.7. The zero-order chi connectivity index (χ0) is 20.2. The second kappa shape index (κ2) is 6.30. The number of oxazole rings is 1. The van der Waals surface area contributed by atoms with Gasteiger partial charge in [-0.1, -0.05) is 26.0 Å². The maximum absolute atomic E-state index is 6.34. The summed E-state index contributed by atoms with van der Waals surface area (Å²) in [5.74, 6) is 2.98. The van der Waals surface area contributed by atoms with Crippen molar-refractivity contribution in [2.24, 2.45) is 0 Å². The molecule has 1 aliphatic carbocycles. The first-order valence-electron chi connectivity index (χ1n) is 9.64. The standard InChI is InChI=1S/C23H22N4O2/c1-14-19-17(27(26-14)18-10-5-6-11-24-18)13-23(2,3)21-20(19)29-22(25-21)15-8-7-9-16(12-15)28-4/h5-12H,13H2,1-4H3. The molecule has 0 aliphatic heterocycles. The smallest absolute Gasteiger partial charge is 0.227 e. The van der Waals surface area contributed by atoms with Crippen LogP contribution >= 0.6 is 0 Å². The molecule has 3 heterocycles. The van der Waals surface area contributed by atoms with Crippen LogP contribution in [0.4, 0.5) is 0 Å². The lowest BCUT2D eigenvalue weighted by Crippen LogP contribution is -2.27. The molecule has 1 aliphatic rings. The number of nitrogens with zero attached hydrogens (tertiary/aromatic N) is 4. The Balaban J connectivity index is 1.71. The van der Waals surface area contributed by atoms with Gasteiger partial charge in [0.15, 0.2) is 11.6 Å². The Kier molecular flexibility index (Phi) is 3.84. The summed E-state index contributed by atoms with van der Waals surface area (Å²) < 4.78 is 13.6. The molecule has 0 unspecified atom stereocenters. The third-order valence-corrected chi connectivity index (χ3v) is 5.44. The van der Waals surface area contributed by atoms with Crippen LogP contribution in [0.25, 0.3) is 28.6 Å². The van der Waals surface area contributed by atoms with E-state index in [1.807, 2.05) is 54.1 Å². The number of hydrogen-bond acceptors (Lipinski definition) is 5. The second-order valence-electron chi connectivity index (χ2n) is 8.00. The summed E-state index contributed by atoms with van der Waals surface area (Å²) in [5, 5.41) is 4.78. The van der Waals surface area contributed by atoms with Crippen LogP contribution in [0.1, 0.15) is 30.9 Å². The number of benzene rings is 1. The van der Waals surface area contributed by atoms with E-state index in [-0.39, 0.29) is 5.41 Å². The van der Waals surface area contributed by atoms with E-state index >= 15 is 0 Å². The maximum Gasteiger partial charge on any atom is 0.227 e. The molecule has 0 saturated heterocycles. The minimum Gasteiger partial charge on any atom is -0.497 e. The van der Waals surface area contributed by atoms with Gasteiger partial charge in [0.2, 0.25) is 5.89 Å². The number of ether oxygens (including phenoxy) is 1. The minimum absolute atomic E-state index is 0.193.